The molecule has 0 aliphatic carbocycles. The molecule has 18 heavy (non-hydrogen) atoms. The summed E-state index contributed by atoms with van der Waals surface area (Å²) in [5.74, 6) is 0.812. The largest absolute Gasteiger partial charge is 0.507 e. The number of hydrogen-bond acceptors (Lipinski definition) is 5. The first-order valence-electron chi connectivity index (χ1n) is 5.66. The lowest BCUT2D eigenvalue weighted by molar-refractivity contribution is 0.417. The van der Waals surface area contributed by atoms with Crippen LogP contribution in [0.3, 0.4) is 0 Å². The van der Waals surface area contributed by atoms with E-state index in [2.05, 4.69) is 15.4 Å². The summed E-state index contributed by atoms with van der Waals surface area (Å²) in [7, 11) is 1.80. The highest BCUT2D eigenvalue weighted by molar-refractivity contribution is 5.44. The van der Waals surface area contributed by atoms with Gasteiger partial charge in [0.25, 0.3) is 0 Å². The summed E-state index contributed by atoms with van der Waals surface area (Å²) < 4.78 is 1.62. The van der Waals surface area contributed by atoms with Crippen molar-refractivity contribution in [3.63, 3.8) is 0 Å². The Kier molecular flexibility index (Phi) is 3.47. The maximum atomic E-state index is 9.73. The topological polar surface area (TPSA) is 83.2 Å². The number of rotatable bonds is 4. The maximum Gasteiger partial charge on any atom is 0.164 e. The fourth-order valence-electron chi connectivity index (χ4n) is 1.80. The molecule has 0 amide bonds. The molecule has 96 valence electrons. The number of nitrogens with one attached hydrogen (secondary N) is 1. The van der Waals surface area contributed by atoms with Gasteiger partial charge in [-0.15, -0.1) is 0 Å². The molecule has 0 fully saturated rings. The number of benzene rings is 1. The minimum atomic E-state index is -0.199. The Morgan fingerprint density at radius 2 is 2.00 bits per heavy atom. The number of aromatic hydroxyl groups is 2. The van der Waals surface area contributed by atoms with Crippen molar-refractivity contribution in [2.45, 2.75) is 19.5 Å². The molecule has 0 saturated heterocycles. The van der Waals surface area contributed by atoms with E-state index in [9.17, 15) is 10.2 Å². The molecule has 3 N–H and O–H groups in total. The van der Waals surface area contributed by atoms with Gasteiger partial charge in [0.15, 0.2) is 5.82 Å². The lowest BCUT2D eigenvalue weighted by Crippen LogP contribution is -2.19. The third-order valence-electron chi connectivity index (χ3n) is 2.71. The monoisotopic (exact) mass is 248 g/mol. The maximum absolute atomic E-state index is 9.73. The fraction of sp³-hybridized carbons (Fsp3) is 0.333. The summed E-state index contributed by atoms with van der Waals surface area (Å²) >= 11 is 0. The average Bonchev–Trinajstić information content (AvgIpc) is 2.72. The second-order valence-corrected chi connectivity index (χ2v) is 4.15. The standard InChI is InChI=1S/C12H16N4O2/c1-8(12-9(17)4-3-5-10(12)18)13-6-11-14-7-16(2)15-11/h3-5,7-8,13,17-18H,6H2,1-2H3. The van der Waals surface area contributed by atoms with Gasteiger partial charge in [-0.1, -0.05) is 6.07 Å². The third kappa shape index (κ3) is 2.60. The molecule has 2 rings (SSSR count). The van der Waals surface area contributed by atoms with E-state index in [1.165, 1.54) is 0 Å². The Balaban J connectivity index is 2.06. The van der Waals surface area contributed by atoms with Crippen LogP contribution in [-0.4, -0.2) is 25.0 Å². The minimum Gasteiger partial charge on any atom is -0.507 e. The molecule has 6 heteroatoms. The van der Waals surface area contributed by atoms with Gasteiger partial charge in [-0.05, 0) is 19.1 Å². The van der Waals surface area contributed by atoms with Gasteiger partial charge in [0, 0.05) is 13.1 Å². The highest BCUT2D eigenvalue weighted by Crippen LogP contribution is 2.32. The molecule has 0 spiro atoms. The molecule has 1 aromatic heterocycles. The van der Waals surface area contributed by atoms with Crippen LogP contribution in [0, 0.1) is 0 Å². The Hall–Kier alpha value is -2.08. The summed E-state index contributed by atoms with van der Waals surface area (Å²) in [4.78, 5) is 4.09. The molecule has 0 radical (unpaired) electrons. The Bertz CT molecular complexity index is 518. The Labute approximate surface area is 105 Å². The van der Waals surface area contributed by atoms with E-state index in [1.807, 2.05) is 6.92 Å². The molecule has 0 bridgehead atoms. The van der Waals surface area contributed by atoms with Gasteiger partial charge < -0.3 is 15.5 Å². The van der Waals surface area contributed by atoms with E-state index in [-0.39, 0.29) is 17.5 Å². The van der Waals surface area contributed by atoms with E-state index >= 15 is 0 Å². The van der Waals surface area contributed by atoms with Crippen molar-refractivity contribution in [3.05, 3.63) is 35.9 Å². The van der Waals surface area contributed by atoms with Crippen LogP contribution in [-0.2, 0) is 13.6 Å². The van der Waals surface area contributed by atoms with E-state index in [0.717, 1.165) is 0 Å². The number of phenolic OH excluding ortho intramolecular Hbond substituents is 2. The quantitative estimate of drug-likeness (QED) is 0.754. The van der Waals surface area contributed by atoms with E-state index < -0.39 is 0 Å². The molecule has 1 aromatic carbocycles. The van der Waals surface area contributed by atoms with Gasteiger partial charge >= 0.3 is 0 Å². The molecular formula is C12H16N4O2. The van der Waals surface area contributed by atoms with Gasteiger partial charge in [0.1, 0.15) is 17.8 Å². The summed E-state index contributed by atoms with van der Waals surface area (Å²) in [5.41, 5.74) is 0.480. The lowest BCUT2D eigenvalue weighted by atomic mass is 10.1. The van der Waals surface area contributed by atoms with Crippen LogP contribution in [0.2, 0.25) is 0 Å². The average molecular weight is 248 g/mol. The molecular weight excluding hydrogens is 232 g/mol. The van der Waals surface area contributed by atoms with Gasteiger partial charge in [0.2, 0.25) is 0 Å². The molecule has 0 aliphatic heterocycles. The molecule has 1 atom stereocenters. The fourth-order valence-corrected chi connectivity index (χ4v) is 1.80. The highest BCUT2D eigenvalue weighted by Gasteiger charge is 2.14. The predicted molar refractivity (Wildman–Crippen MR) is 66.0 cm³/mol. The van der Waals surface area contributed by atoms with Gasteiger partial charge in [-0.2, -0.15) is 5.10 Å². The van der Waals surface area contributed by atoms with Crippen LogP contribution in [0.25, 0.3) is 0 Å². The second-order valence-electron chi connectivity index (χ2n) is 4.15. The minimum absolute atomic E-state index is 0.0731. The highest BCUT2D eigenvalue weighted by atomic mass is 16.3. The Morgan fingerprint density at radius 1 is 1.33 bits per heavy atom. The van der Waals surface area contributed by atoms with Gasteiger partial charge in [0.05, 0.1) is 12.1 Å². The molecule has 1 heterocycles. The number of phenols is 2. The van der Waals surface area contributed by atoms with Crippen LogP contribution in [0.4, 0.5) is 0 Å². The van der Waals surface area contributed by atoms with E-state index in [0.29, 0.717) is 17.9 Å². The first kappa shape index (κ1) is 12.4. The number of aromatic nitrogens is 3. The molecule has 2 aromatic rings. The van der Waals surface area contributed by atoms with Crippen LogP contribution in [0.1, 0.15) is 24.4 Å². The number of hydrogen-bond donors (Lipinski definition) is 3. The summed E-state index contributed by atoms with van der Waals surface area (Å²) in [6.07, 6.45) is 1.62. The van der Waals surface area contributed by atoms with Crippen molar-refractivity contribution in [1.29, 1.82) is 0 Å². The van der Waals surface area contributed by atoms with E-state index in [4.69, 9.17) is 0 Å². The van der Waals surface area contributed by atoms with Crippen LogP contribution in [0.5, 0.6) is 11.5 Å². The zero-order valence-electron chi connectivity index (χ0n) is 10.3. The van der Waals surface area contributed by atoms with Crippen molar-refractivity contribution >= 4 is 0 Å². The summed E-state index contributed by atoms with van der Waals surface area (Å²) in [6, 6.07) is 4.50. The summed E-state index contributed by atoms with van der Waals surface area (Å²) in [6.45, 7) is 2.33. The van der Waals surface area contributed by atoms with Crippen LogP contribution in [0.15, 0.2) is 24.5 Å². The van der Waals surface area contributed by atoms with Crippen LogP contribution >= 0.6 is 0 Å². The SMILES string of the molecule is CC(NCc1ncn(C)n1)c1c(O)cccc1O. The zero-order valence-corrected chi connectivity index (χ0v) is 10.3. The zero-order chi connectivity index (χ0) is 13.1. The second kappa shape index (κ2) is 5.05. The van der Waals surface area contributed by atoms with E-state index in [1.54, 1.807) is 36.3 Å². The number of aryl methyl sites for hydroxylation is 1. The number of nitrogens with zero attached hydrogens (tertiary/aromatic N) is 3. The first-order valence-corrected chi connectivity index (χ1v) is 5.66. The molecule has 1 unspecified atom stereocenters. The smallest absolute Gasteiger partial charge is 0.164 e. The van der Waals surface area contributed by atoms with Crippen molar-refractivity contribution in [1.82, 2.24) is 20.1 Å². The predicted octanol–water partition coefficient (Wildman–Crippen LogP) is 1.08. The van der Waals surface area contributed by atoms with Crippen molar-refractivity contribution in [2.75, 3.05) is 0 Å². The molecule has 6 nitrogen and oxygen atoms in total. The molecule has 0 aliphatic rings. The first-order chi connectivity index (χ1) is 8.58. The van der Waals surface area contributed by atoms with Gasteiger partial charge in [-0.25, -0.2) is 4.98 Å². The van der Waals surface area contributed by atoms with Crippen molar-refractivity contribution in [2.24, 2.45) is 7.05 Å². The third-order valence-corrected chi connectivity index (χ3v) is 2.71. The van der Waals surface area contributed by atoms with Crippen molar-refractivity contribution < 1.29 is 10.2 Å². The Morgan fingerprint density at radius 3 is 2.56 bits per heavy atom. The normalized spacial score (nSPS) is 12.6. The lowest BCUT2D eigenvalue weighted by Gasteiger charge is -2.15. The van der Waals surface area contributed by atoms with Crippen molar-refractivity contribution in [3.8, 4) is 11.5 Å². The summed E-state index contributed by atoms with van der Waals surface area (Å²) in [5, 5.41) is 26.7. The van der Waals surface area contributed by atoms with Crippen LogP contribution < -0.4 is 5.32 Å². The molecule has 0 saturated carbocycles. The van der Waals surface area contributed by atoms with Gasteiger partial charge in [-0.3, -0.25) is 4.68 Å².